The number of carbonyl (C=O) groups is 1. The Morgan fingerprint density at radius 2 is 2.00 bits per heavy atom. The molecule has 0 saturated carbocycles. The van der Waals surface area contributed by atoms with Gasteiger partial charge in [-0.25, -0.2) is 0 Å². The summed E-state index contributed by atoms with van der Waals surface area (Å²) >= 11 is 7.80. The Labute approximate surface area is 168 Å². The molecule has 1 heterocycles. The van der Waals surface area contributed by atoms with Crippen molar-refractivity contribution in [3.05, 3.63) is 57.6 Å². The third-order valence-electron chi connectivity index (χ3n) is 4.49. The normalized spacial score (nSPS) is 19.1. The number of thioether (sulfide) groups is 1. The fraction of sp³-hybridized carbons (Fsp3) is 0.350. The number of carboxylic acid groups (broad SMARTS) is 1. The van der Waals surface area contributed by atoms with Gasteiger partial charge in [0, 0.05) is 16.3 Å². The second kappa shape index (κ2) is 8.42. The van der Waals surface area contributed by atoms with E-state index in [2.05, 4.69) is 5.32 Å². The zero-order valence-electron chi connectivity index (χ0n) is 15.4. The molecule has 27 heavy (non-hydrogen) atoms. The maximum atomic E-state index is 11.2. The molecule has 0 aliphatic carbocycles. The van der Waals surface area contributed by atoms with Gasteiger partial charge < -0.3 is 14.6 Å². The summed E-state index contributed by atoms with van der Waals surface area (Å²) in [6, 6.07) is 9.15. The topological polar surface area (TPSA) is 67.8 Å². The van der Waals surface area contributed by atoms with E-state index < -0.39 is 12.0 Å². The summed E-state index contributed by atoms with van der Waals surface area (Å²) in [4.78, 5) is 11.2. The van der Waals surface area contributed by atoms with Crippen molar-refractivity contribution in [1.82, 2.24) is 5.32 Å². The molecule has 1 fully saturated rings. The minimum absolute atomic E-state index is 0.0595. The van der Waals surface area contributed by atoms with Gasteiger partial charge in [-0.1, -0.05) is 17.7 Å². The van der Waals surface area contributed by atoms with Crippen LogP contribution in [0.4, 0.5) is 0 Å². The van der Waals surface area contributed by atoms with Crippen molar-refractivity contribution in [2.45, 2.75) is 31.9 Å². The Kier molecular flexibility index (Phi) is 6.19. The summed E-state index contributed by atoms with van der Waals surface area (Å²) in [6.07, 6.45) is 0. The molecular weight excluding hydrogens is 386 g/mol. The van der Waals surface area contributed by atoms with Gasteiger partial charge in [0.25, 0.3) is 0 Å². The van der Waals surface area contributed by atoms with Crippen molar-refractivity contribution < 1.29 is 19.4 Å². The zero-order chi connectivity index (χ0) is 19.6. The highest BCUT2D eigenvalue weighted by molar-refractivity contribution is 7.99. The molecule has 2 aromatic rings. The van der Waals surface area contributed by atoms with Crippen LogP contribution < -0.4 is 14.8 Å². The molecule has 1 saturated heterocycles. The van der Waals surface area contributed by atoms with Crippen molar-refractivity contribution >= 4 is 29.3 Å². The Morgan fingerprint density at radius 1 is 1.30 bits per heavy atom. The van der Waals surface area contributed by atoms with Gasteiger partial charge in [-0.3, -0.25) is 10.1 Å². The zero-order valence-corrected chi connectivity index (χ0v) is 17.0. The monoisotopic (exact) mass is 407 g/mol. The molecule has 0 unspecified atom stereocenters. The van der Waals surface area contributed by atoms with Gasteiger partial charge in [-0.15, -0.1) is 11.8 Å². The lowest BCUT2D eigenvalue weighted by molar-refractivity contribution is -0.138. The van der Waals surface area contributed by atoms with Crippen LogP contribution in [0.1, 0.15) is 27.6 Å². The van der Waals surface area contributed by atoms with Crippen LogP contribution in [0, 0.1) is 13.8 Å². The molecule has 0 amide bonds. The van der Waals surface area contributed by atoms with Gasteiger partial charge >= 0.3 is 5.97 Å². The average Bonchev–Trinajstić information content (AvgIpc) is 3.14. The Balaban J connectivity index is 1.77. The molecule has 2 N–H and O–H groups in total. The molecule has 2 atom stereocenters. The van der Waals surface area contributed by atoms with E-state index in [1.807, 2.05) is 44.2 Å². The smallest absolute Gasteiger partial charge is 0.321 e. The fourth-order valence-corrected chi connectivity index (χ4v) is 4.36. The first-order valence-corrected chi connectivity index (χ1v) is 9.98. The number of hydrogen-bond acceptors (Lipinski definition) is 5. The van der Waals surface area contributed by atoms with Crippen LogP contribution in [-0.4, -0.2) is 30.0 Å². The average molecular weight is 408 g/mol. The summed E-state index contributed by atoms with van der Waals surface area (Å²) in [5.74, 6) is 1.21. The first-order chi connectivity index (χ1) is 12.9. The highest BCUT2D eigenvalue weighted by atomic mass is 35.5. The van der Waals surface area contributed by atoms with E-state index in [1.54, 1.807) is 18.9 Å². The number of aryl methyl sites for hydroxylation is 2. The standard InChI is InChI=1S/C20H22ClNO4S/c1-11-6-15(7-12(2)18(11)21)26-9-14-8-13(4-5-17(14)25-3)19-22-16(10-27-19)20(23)24/h4-8,16,19,22H,9-10H2,1-3H3,(H,23,24)/t16-,19+/m1/s1. The lowest BCUT2D eigenvalue weighted by Crippen LogP contribution is -2.33. The predicted octanol–water partition coefficient (Wildman–Crippen LogP) is 4.33. The van der Waals surface area contributed by atoms with Crippen LogP contribution in [0.2, 0.25) is 5.02 Å². The molecule has 1 aliphatic heterocycles. The molecule has 0 radical (unpaired) electrons. The second-order valence-electron chi connectivity index (χ2n) is 6.50. The molecular formula is C20H22ClNO4S. The summed E-state index contributed by atoms with van der Waals surface area (Å²) < 4.78 is 11.4. The molecule has 144 valence electrons. The Hall–Kier alpha value is -1.89. The molecule has 0 aromatic heterocycles. The first kappa shape index (κ1) is 19.9. The van der Waals surface area contributed by atoms with Crippen LogP contribution in [0.25, 0.3) is 0 Å². The molecule has 1 aliphatic rings. The maximum Gasteiger partial charge on any atom is 0.321 e. The van der Waals surface area contributed by atoms with Crippen molar-refractivity contribution in [1.29, 1.82) is 0 Å². The second-order valence-corrected chi connectivity index (χ2v) is 8.02. The maximum absolute atomic E-state index is 11.2. The summed E-state index contributed by atoms with van der Waals surface area (Å²) in [6.45, 7) is 4.24. The number of nitrogens with one attached hydrogen (secondary N) is 1. The number of carboxylic acids is 1. The Morgan fingerprint density at radius 3 is 2.59 bits per heavy atom. The van der Waals surface area contributed by atoms with E-state index in [0.717, 1.165) is 38.8 Å². The van der Waals surface area contributed by atoms with Gasteiger partial charge in [-0.05, 0) is 54.8 Å². The SMILES string of the molecule is COc1ccc([C@H]2N[C@@H](C(=O)O)CS2)cc1COc1cc(C)c(Cl)c(C)c1. The van der Waals surface area contributed by atoms with Gasteiger partial charge in [0.2, 0.25) is 0 Å². The molecule has 2 aromatic carbocycles. The van der Waals surface area contributed by atoms with Crippen LogP contribution in [0.15, 0.2) is 30.3 Å². The molecule has 0 spiro atoms. The van der Waals surface area contributed by atoms with E-state index in [0.29, 0.717) is 12.4 Å². The summed E-state index contributed by atoms with van der Waals surface area (Å²) in [7, 11) is 1.62. The van der Waals surface area contributed by atoms with Gasteiger partial charge in [0.05, 0.1) is 12.5 Å². The van der Waals surface area contributed by atoms with E-state index in [4.69, 9.17) is 26.2 Å². The number of halogens is 1. The summed E-state index contributed by atoms with van der Waals surface area (Å²) in [5.41, 5.74) is 3.85. The minimum atomic E-state index is -0.824. The van der Waals surface area contributed by atoms with Crippen LogP contribution in [0.5, 0.6) is 11.5 Å². The van der Waals surface area contributed by atoms with E-state index in [-0.39, 0.29) is 5.37 Å². The van der Waals surface area contributed by atoms with Gasteiger partial charge in [0.15, 0.2) is 0 Å². The van der Waals surface area contributed by atoms with E-state index in [1.165, 1.54) is 0 Å². The van der Waals surface area contributed by atoms with Crippen molar-refractivity contribution in [3.8, 4) is 11.5 Å². The lowest BCUT2D eigenvalue weighted by Gasteiger charge is -2.16. The molecule has 5 nitrogen and oxygen atoms in total. The largest absolute Gasteiger partial charge is 0.496 e. The number of ether oxygens (including phenoxy) is 2. The first-order valence-electron chi connectivity index (χ1n) is 8.56. The number of hydrogen-bond donors (Lipinski definition) is 2. The van der Waals surface area contributed by atoms with Gasteiger partial charge in [-0.2, -0.15) is 0 Å². The molecule has 7 heteroatoms. The predicted molar refractivity (Wildman–Crippen MR) is 108 cm³/mol. The lowest BCUT2D eigenvalue weighted by atomic mass is 10.1. The van der Waals surface area contributed by atoms with Crippen molar-refractivity contribution in [2.24, 2.45) is 0 Å². The Bertz CT molecular complexity index is 835. The fourth-order valence-electron chi connectivity index (χ4n) is 3.03. The van der Waals surface area contributed by atoms with Gasteiger partial charge in [0.1, 0.15) is 24.1 Å². The van der Waals surface area contributed by atoms with Crippen LogP contribution >= 0.6 is 23.4 Å². The number of aliphatic carboxylic acids is 1. The number of benzene rings is 2. The van der Waals surface area contributed by atoms with Crippen LogP contribution in [0.3, 0.4) is 0 Å². The van der Waals surface area contributed by atoms with Crippen molar-refractivity contribution in [3.63, 3.8) is 0 Å². The molecule has 3 rings (SSSR count). The quantitative estimate of drug-likeness (QED) is 0.742. The van der Waals surface area contributed by atoms with Crippen molar-refractivity contribution in [2.75, 3.05) is 12.9 Å². The van der Waals surface area contributed by atoms with Crippen LogP contribution in [-0.2, 0) is 11.4 Å². The van der Waals surface area contributed by atoms with E-state index >= 15 is 0 Å². The highest BCUT2D eigenvalue weighted by Gasteiger charge is 2.30. The molecule has 0 bridgehead atoms. The number of rotatable bonds is 6. The third-order valence-corrected chi connectivity index (χ3v) is 6.36. The highest BCUT2D eigenvalue weighted by Crippen LogP contribution is 2.35. The number of methoxy groups -OCH3 is 1. The minimum Gasteiger partial charge on any atom is -0.496 e. The van der Waals surface area contributed by atoms with E-state index in [9.17, 15) is 4.79 Å². The summed E-state index contributed by atoms with van der Waals surface area (Å²) in [5, 5.41) is 13.0. The third kappa shape index (κ3) is 4.51.